The van der Waals surface area contributed by atoms with E-state index in [1.54, 1.807) is 34.8 Å². The Labute approximate surface area is 120 Å². The lowest BCUT2D eigenvalue weighted by Gasteiger charge is -2.28. The van der Waals surface area contributed by atoms with E-state index in [0.717, 1.165) is 0 Å². The predicted octanol–water partition coefficient (Wildman–Crippen LogP) is 1.90. The van der Waals surface area contributed by atoms with Crippen molar-refractivity contribution in [1.29, 1.82) is 0 Å². The van der Waals surface area contributed by atoms with E-state index < -0.39 is 23.0 Å². The van der Waals surface area contributed by atoms with Crippen molar-refractivity contribution < 1.29 is 19.1 Å². The van der Waals surface area contributed by atoms with Crippen LogP contribution >= 0.6 is 12.6 Å². The zero-order valence-corrected chi connectivity index (χ0v) is 13.1. The number of carbonyl (C=O) groups excluding carboxylic acids is 2. The SMILES string of the molecule is CO[C@H]1CC(C(=O)C(C)S)N(C(=O)OC(C)(C)C)C1. The van der Waals surface area contributed by atoms with Crippen LogP contribution in [0.1, 0.15) is 34.1 Å². The smallest absolute Gasteiger partial charge is 0.410 e. The van der Waals surface area contributed by atoms with Gasteiger partial charge in [-0.1, -0.05) is 0 Å². The maximum atomic E-state index is 12.1. The minimum Gasteiger partial charge on any atom is -0.444 e. The number of amides is 1. The molecule has 0 radical (unpaired) electrons. The van der Waals surface area contributed by atoms with Crippen LogP contribution < -0.4 is 0 Å². The first-order valence-electron chi connectivity index (χ1n) is 6.40. The van der Waals surface area contributed by atoms with Gasteiger partial charge in [0.15, 0.2) is 5.78 Å². The second kappa shape index (κ2) is 6.13. The summed E-state index contributed by atoms with van der Waals surface area (Å²) in [6, 6.07) is -0.507. The number of likely N-dealkylation sites (tertiary alicyclic amines) is 1. The summed E-state index contributed by atoms with van der Waals surface area (Å²) in [7, 11) is 1.58. The van der Waals surface area contributed by atoms with Gasteiger partial charge in [-0.25, -0.2) is 4.79 Å². The first kappa shape index (κ1) is 16.3. The van der Waals surface area contributed by atoms with Crippen molar-refractivity contribution in [1.82, 2.24) is 4.90 Å². The first-order valence-corrected chi connectivity index (χ1v) is 6.91. The summed E-state index contributed by atoms with van der Waals surface area (Å²) in [5, 5.41) is -0.412. The van der Waals surface area contributed by atoms with Crippen LogP contribution in [0, 0.1) is 0 Å². The molecule has 0 aromatic carbocycles. The van der Waals surface area contributed by atoms with Crippen LogP contribution in [0.5, 0.6) is 0 Å². The Morgan fingerprint density at radius 1 is 1.37 bits per heavy atom. The predicted molar refractivity (Wildman–Crippen MR) is 75.6 cm³/mol. The second-order valence-corrected chi connectivity index (χ2v) is 6.59. The molecule has 0 bridgehead atoms. The number of rotatable bonds is 3. The van der Waals surface area contributed by atoms with E-state index in [9.17, 15) is 9.59 Å². The average molecular weight is 289 g/mol. The molecular weight excluding hydrogens is 266 g/mol. The fraction of sp³-hybridized carbons (Fsp3) is 0.846. The molecule has 3 atom stereocenters. The Hall–Kier alpha value is -0.750. The van der Waals surface area contributed by atoms with E-state index in [2.05, 4.69) is 12.6 Å². The fourth-order valence-electron chi connectivity index (χ4n) is 2.04. The van der Waals surface area contributed by atoms with Crippen molar-refractivity contribution in [3.63, 3.8) is 0 Å². The van der Waals surface area contributed by atoms with Crippen molar-refractivity contribution in [2.75, 3.05) is 13.7 Å². The summed E-state index contributed by atoms with van der Waals surface area (Å²) in [5.41, 5.74) is -0.581. The number of hydrogen-bond donors (Lipinski definition) is 1. The molecule has 1 amide bonds. The summed E-state index contributed by atoms with van der Waals surface area (Å²) in [6.45, 7) is 7.48. The zero-order chi connectivity index (χ0) is 14.8. The van der Waals surface area contributed by atoms with Crippen LogP contribution in [0.4, 0.5) is 4.79 Å². The highest BCUT2D eigenvalue weighted by Gasteiger charge is 2.42. The lowest BCUT2D eigenvalue weighted by molar-refractivity contribution is -0.122. The van der Waals surface area contributed by atoms with Gasteiger partial charge in [-0.3, -0.25) is 9.69 Å². The van der Waals surface area contributed by atoms with Gasteiger partial charge in [0.25, 0.3) is 0 Å². The normalized spacial score (nSPS) is 25.3. The lowest BCUT2D eigenvalue weighted by atomic mass is 10.1. The van der Waals surface area contributed by atoms with Crippen molar-refractivity contribution in [2.24, 2.45) is 0 Å². The Bertz CT molecular complexity index is 351. The van der Waals surface area contributed by atoms with E-state index in [4.69, 9.17) is 9.47 Å². The van der Waals surface area contributed by atoms with Gasteiger partial charge < -0.3 is 9.47 Å². The van der Waals surface area contributed by atoms with Gasteiger partial charge in [0.1, 0.15) is 5.60 Å². The molecule has 110 valence electrons. The number of methoxy groups -OCH3 is 1. The third-order valence-corrected chi connectivity index (χ3v) is 3.22. The molecule has 0 N–H and O–H groups in total. The molecule has 1 aliphatic rings. The van der Waals surface area contributed by atoms with Crippen LogP contribution in [-0.2, 0) is 14.3 Å². The van der Waals surface area contributed by atoms with Crippen molar-refractivity contribution >= 4 is 24.5 Å². The molecule has 0 aliphatic carbocycles. The minimum absolute atomic E-state index is 0.0752. The third kappa shape index (κ3) is 4.38. The van der Waals surface area contributed by atoms with Gasteiger partial charge in [-0.15, -0.1) is 0 Å². The van der Waals surface area contributed by atoms with Crippen LogP contribution in [0.2, 0.25) is 0 Å². The molecule has 0 aromatic rings. The van der Waals surface area contributed by atoms with Crippen LogP contribution in [0.25, 0.3) is 0 Å². The van der Waals surface area contributed by atoms with Gasteiger partial charge in [-0.2, -0.15) is 12.6 Å². The molecule has 2 unspecified atom stereocenters. The standard InChI is InChI=1S/C13H23NO4S/c1-8(19)11(15)10-6-9(17-5)7-14(10)12(16)18-13(2,3)4/h8-10,19H,6-7H2,1-5H3/t8?,9-,10?/m0/s1. The van der Waals surface area contributed by atoms with Gasteiger partial charge in [-0.05, 0) is 27.7 Å². The molecule has 5 nitrogen and oxygen atoms in total. The molecule has 6 heteroatoms. The molecule has 1 fully saturated rings. The Morgan fingerprint density at radius 2 is 1.95 bits per heavy atom. The van der Waals surface area contributed by atoms with E-state index >= 15 is 0 Å². The van der Waals surface area contributed by atoms with Crippen molar-refractivity contribution in [3.8, 4) is 0 Å². The summed E-state index contributed by atoms with van der Waals surface area (Å²) in [5.74, 6) is -0.0752. The molecule has 1 rings (SSSR count). The number of thiol groups is 1. The molecule has 1 saturated heterocycles. The summed E-state index contributed by atoms with van der Waals surface area (Å²) < 4.78 is 10.6. The molecule has 0 spiro atoms. The highest BCUT2D eigenvalue weighted by atomic mass is 32.1. The highest BCUT2D eigenvalue weighted by Crippen LogP contribution is 2.25. The van der Waals surface area contributed by atoms with Crippen LogP contribution in [0.3, 0.4) is 0 Å². The number of ether oxygens (including phenoxy) is 2. The van der Waals surface area contributed by atoms with Crippen molar-refractivity contribution in [2.45, 2.75) is 57.1 Å². The van der Waals surface area contributed by atoms with E-state index in [1.165, 1.54) is 4.90 Å². The fourth-order valence-corrected chi connectivity index (χ4v) is 2.21. The summed E-state index contributed by atoms with van der Waals surface area (Å²) in [6.07, 6.45) is -0.104. The molecule has 0 aromatic heterocycles. The van der Waals surface area contributed by atoms with E-state index in [-0.39, 0.29) is 11.9 Å². The monoisotopic (exact) mass is 289 g/mol. The van der Waals surface area contributed by atoms with Crippen LogP contribution in [0.15, 0.2) is 0 Å². The number of ketones is 1. The lowest BCUT2D eigenvalue weighted by Crippen LogP contribution is -2.45. The second-order valence-electron chi connectivity index (χ2n) is 5.82. The van der Waals surface area contributed by atoms with E-state index in [1.807, 2.05) is 0 Å². The van der Waals surface area contributed by atoms with Gasteiger partial charge >= 0.3 is 6.09 Å². The summed E-state index contributed by atoms with van der Waals surface area (Å²) in [4.78, 5) is 25.7. The molecule has 1 heterocycles. The number of Topliss-reactive ketones (excluding diaryl/α,β-unsaturated/α-hetero) is 1. The first-order chi connectivity index (χ1) is 8.65. The largest absolute Gasteiger partial charge is 0.444 e. The Kier molecular flexibility index (Phi) is 5.26. The Morgan fingerprint density at radius 3 is 2.37 bits per heavy atom. The van der Waals surface area contributed by atoms with Gasteiger partial charge in [0.05, 0.1) is 23.9 Å². The third-order valence-electron chi connectivity index (χ3n) is 2.96. The maximum absolute atomic E-state index is 12.1. The molecular formula is C13H23NO4S. The van der Waals surface area contributed by atoms with Gasteiger partial charge in [0, 0.05) is 13.5 Å². The van der Waals surface area contributed by atoms with E-state index in [0.29, 0.717) is 13.0 Å². The topological polar surface area (TPSA) is 55.8 Å². The molecule has 0 saturated carbocycles. The van der Waals surface area contributed by atoms with Gasteiger partial charge in [0.2, 0.25) is 0 Å². The number of carbonyl (C=O) groups is 2. The Balaban J connectivity index is 2.83. The van der Waals surface area contributed by atoms with Crippen molar-refractivity contribution in [3.05, 3.63) is 0 Å². The quantitative estimate of drug-likeness (QED) is 0.806. The number of nitrogens with zero attached hydrogens (tertiary/aromatic N) is 1. The summed E-state index contributed by atoms with van der Waals surface area (Å²) >= 11 is 4.15. The van der Waals surface area contributed by atoms with Crippen LogP contribution in [-0.4, -0.2) is 53.4 Å². The number of hydrogen-bond acceptors (Lipinski definition) is 5. The molecule has 19 heavy (non-hydrogen) atoms. The average Bonchev–Trinajstić information content (AvgIpc) is 2.69. The molecule has 1 aliphatic heterocycles. The highest BCUT2D eigenvalue weighted by molar-refractivity contribution is 7.81. The zero-order valence-electron chi connectivity index (χ0n) is 12.2. The minimum atomic E-state index is -0.581. The maximum Gasteiger partial charge on any atom is 0.410 e.